The molecule has 6 heteroatoms. The van der Waals surface area contributed by atoms with Crippen LogP contribution in [-0.2, 0) is 9.59 Å². The van der Waals surface area contributed by atoms with Crippen molar-refractivity contribution < 1.29 is 9.59 Å². The lowest BCUT2D eigenvalue weighted by Crippen LogP contribution is -2.42. The Morgan fingerprint density at radius 1 is 1.60 bits per heavy atom. The van der Waals surface area contributed by atoms with Gasteiger partial charge in [-0.3, -0.25) is 9.59 Å². The summed E-state index contributed by atoms with van der Waals surface area (Å²) in [6.07, 6.45) is 3.00. The van der Waals surface area contributed by atoms with Gasteiger partial charge in [0.05, 0.1) is 0 Å². The van der Waals surface area contributed by atoms with Crippen molar-refractivity contribution in [2.45, 2.75) is 24.1 Å². The summed E-state index contributed by atoms with van der Waals surface area (Å²) in [5.74, 6) is -0.168. The minimum absolute atomic E-state index is 0.0543. The van der Waals surface area contributed by atoms with Crippen LogP contribution in [0.4, 0.5) is 0 Å². The SMILES string of the molecule is CS[C@@H](CNC(=O)[C@@H]1CCC(=O)N1)c1cccc(Cl)c1. The Kier molecular flexibility index (Phi) is 5.31. The van der Waals surface area contributed by atoms with E-state index in [1.807, 2.05) is 30.5 Å². The fourth-order valence-corrected chi connectivity index (χ4v) is 3.04. The predicted octanol–water partition coefficient (Wildman–Crippen LogP) is 2.14. The van der Waals surface area contributed by atoms with Gasteiger partial charge in [0, 0.05) is 23.2 Å². The van der Waals surface area contributed by atoms with Gasteiger partial charge in [-0.25, -0.2) is 0 Å². The Hall–Kier alpha value is -1.20. The smallest absolute Gasteiger partial charge is 0.242 e. The normalized spacial score (nSPS) is 19.5. The van der Waals surface area contributed by atoms with Crippen molar-refractivity contribution in [3.05, 3.63) is 34.9 Å². The summed E-state index contributed by atoms with van der Waals surface area (Å²) < 4.78 is 0. The number of halogens is 1. The molecule has 1 aromatic carbocycles. The summed E-state index contributed by atoms with van der Waals surface area (Å²) in [7, 11) is 0. The van der Waals surface area contributed by atoms with Crippen LogP contribution in [0.25, 0.3) is 0 Å². The minimum atomic E-state index is -0.385. The lowest BCUT2D eigenvalue weighted by atomic mass is 10.1. The molecule has 1 saturated heterocycles. The first-order chi connectivity index (χ1) is 9.60. The molecular formula is C14H17ClN2O2S. The van der Waals surface area contributed by atoms with E-state index < -0.39 is 0 Å². The third-order valence-electron chi connectivity index (χ3n) is 3.28. The zero-order valence-corrected chi connectivity index (χ0v) is 12.8. The molecule has 1 aliphatic heterocycles. The number of nitrogens with one attached hydrogen (secondary N) is 2. The summed E-state index contributed by atoms with van der Waals surface area (Å²) in [6.45, 7) is 0.521. The number of rotatable bonds is 5. The van der Waals surface area contributed by atoms with E-state index in [0.717, 1.165) is 5.56 Å². The largest absolute Gasteiger partial charge is 0.353 e. The number of carbonyl (C=O) groups is 2. The molecule has 0 spiro atoms. The fourth-order valence-electron chi connectivity index (χ4n) is 2.17. The van der Waals surface area contributed by atoms with Crippen LogP contribution in [0.2, 0.25) is 5.02 Å². The molecule has 20 heavy (non-hydrogen) atoms. The third kappa shape index (κ3) is 3.90. The van der Waals surface area contributed by atoms with Gasteiger partial charge in [0.1, 0.15) is 6.04 Å². The van der Waals surface area contributed by atoms with Crippen molar-refractivity contribution in [1.82, 2.24) is 10.6 Å². The van der Waals surface area contributed by atoms with Crippen molar-refractivity contribution in [2.24, 2.45) is 0 Å². The highest BCUT2D eigenvalue weighted by Gasteiger charge is 2.27. The molecule has 0 aliphatic carbocycles. The molecule has 0 saturated carbocycles. The zero-order valence-electron chi connectivity index (χ0n) is 11.2. The maximum atomic E-state index is 11.9. The molecule has 1 heterocycles. The second kappa shape index (κ2) is 6.99. The van der Waals surface area contributed by atoms with Crippen LogP contribution < -0.4 is 10.6 Å². The lowest BCUT2D eigenvalue weighted by Gasteiger charge is -2.18. The summed E-state index contributed by atoms with van der Waals surface area (Å²) in [5.41, 5.74) is 1.08. The summed E-state index contributed by atoms with van der Waals surface area (Å²) in [6, 6.07) is 7.25. The average molecular weight is 313 g/mol. The van der Waals surface area contributed by atoms with Crippen molar-refractivity contribution in [3.8, 4) is 0 Å². The zero-order chi connectivity index (χ0) is 14.5. The Bertz CT molecular complexity index is 510. The molecule has 1 aromatic rings. The molecular weight excluding hydrogens is 296 g/mol. The van der Waals surface area contributed by atoms with Crippen LogP contribution >= 0.6 is 23.4 Å². The second-order valence-electron chi connectivity index (χ2n) is 4.68. The number of thioether (sulfide) groups is 1. The average Bonchev–Trinajstić information content (AvgIpc) is 2.86. The topological polar surface area (TPSA) is 58.2 Å². The van der Waals surface area contributed by atoms with Gasteiger partial charge in [-0.05, 0) is 30.4 Å². The molecule has 0 unspecified atom stereocenters. The molecule has 0 aromatic heterocycles. The van der Waals surface area contributed by atoms with Crippen molar-refractivity contribution in [1.29, 1.82) is 0 Å². The van der Waals surface area contributed by atoms with Gasteiger partial charge < -0.3 is 10.6 Å². The van der Waals surface area contributed by atoms with Gasteiger partial charge in [0.2, 0.25) is 11.8 Å². The molecule has 2 rings (SSSR count). The summed E-state index contributed by atoms with van der Waals surface area (Å²) >= 11 is 7.64. The van der Waals surface area contributed by atoms with Crippen molar-refractivity contribution >= 4 is 35.2 Å². The Morgan fingerprint density at radius 2 is 2.40 bits per heavy atom. The first-order valence-electron chi connectivity index (χ1n) is 6.45. The Morgan fingerprint density at radius 3 is 3.00 bits per heavy atom. The number of carbonyl (C=O) groups excluding carboxylic acids is 2. The van der Waals surface area contributed by atoms with Crippen LogP contribution in [0.3, 0.4) is 0 Å². The highest BCUT2D eigenvalue weighted by molar-refractivity contribution is 7.98. The van der Waals surface area contributed by atoms with E-state index in [1.54, 1.807) is 11.8 Å². The molecule has 0 bridgehead atoms. The van der Waals surface area contributed by atoms with E-state index in [9.17, 15) is 9.59 Å². The van der Waals surface area contributed by atoms with Crippen LogP contribution in [-0.4, -0.2) is 30.7 Å². The van der Waals surface area contributed by atoms with E-state index >= 15 is 0 Å². The quantitative estimate of drug-likeness (QED) is 0.876. The highest BCUT2D eigenvalue weighted by atomic mass is 35.5. The van der Waals surface area contributed by atoms with Crippen LogP contribution in [0.15, 0.2) is 24.3 Å². The fraction of sp³-hybridized carbons (Fsp3) is 0.429. The van der Waals surface area contributed by atoms with Gasteiger partial charge in [0.15, 0.2) is 0 Å². The molecule has 2 amide bonds. The lowest BCUT2D eigenvalue weighted by molar-refractivity contribution is -0.125. The summed E-state index contributed by atoms with van der Waals surface area (Å²) in [5, 5.41) is 6.40. The van der Waals surface area contributed by atoms with Gasteiger partial charge in [-0.2, -0.15) is 11.8 Å². The standard InChI is InChI=1S/C14H17ClN2O2S/c1-20-12(9-3-2-4-10(15)7-9)8-16-14(19)11-5-6-13(18)17-11/h2-4,7,11-12H,5-6,8H2,1H3,(H,16,19)(H,17,18)/t11-,12-/m0/s1. The number of hydrogen-bond donors (Lipinski definition) is 2. The molecule has 0 radical (unpaired) electrons. The Labute approximate surface area is 127 Å². The molecule has 4 nitrogen and oxygen atoms in total. The van der Waals surface area contributed by atoms with Crippen LogP contribution in [0.1, 0.15) is 23.7 Å². The van der Waals surface area contributed by atoms with E-state index in [2.05, 4.69) is 10.6 Å². The first kappa shape index (κ1) is 15.2. The van der Waals surface area contributed by atoms with E-state index in [0.29, 0.717) is 24.4 Å². The monoisotopic (exact) mass is 312 g/mol. The van der Waals surface area contributed by atoms with Gasteiger partial charge in [-0.15, -0.1) is 0 Å². The number of benzene rings is 1. The summed E-state index contributed by atoms with van der Waals surface area (Å²) in [4.78, 5) is 23.0. The number of amides is 2. The molecule has 2 atom stereocenters. The van der Waals surface area contributed by atoms with Crippen molar-refractivity contribution in [2.75, 3.05) is 12.8 Å². The van der Waals surface area contributed by atoms with Gasteiger partial charge in [0.25, 0.3) is 0 Å². The maximum Gasteiger partial charge on any atom is 0.242 e. The van der Waals surface area contributed by atoms with E-state index in [-0.39, 0.29) is 23.1 Å². The maximum absolute atomic E-state index is 11.9. The van der Waals surface area contributed by atoms with Crippen LogP contribution in [0.5, 0.6) is 0 Å². The Balaban J connectivity index is 1.91. The predicted molar refractivity (Wildman–Crippen MR) is 81.9 cm³/mol. The molecule has 1 fully saturated rings. The van der Waals surface area contributed by atoms with E-state index in [1.165, 1.54) is 0 Å². The minimum Gasteiger partial charge on any atom is -0.353 e. The highest BCUT2D eigenvalue weighted by Crippen LogP contribution is 2.27. The van der Waals surface area contributed by atoms with Crippen LogP contribution in [0, 0.1) is 0 Å². The van der Waals surface area contributed by atoms with Crippen molar-refractivity contribution in [3.63, 3.8) is 0 Å². The molecule has 108 valence electrons. The van der Waals surface area contributed by atoms with Gasteiger partial charge in [-0.1, -0.05) is 23.7 Å². The van der Waals surface area contributed by atoms with E-state index in [4.69, 9.17) is 11.6 Å². The third-order valence-corrected chi connectivity index (χ3v) is 4.52. The molecule has 1 aliphatic rings. The second-order valence-corrected chi connectivity index (χ2v) is 6.16. The molecule has 2 N–H and O–H groups in total. The number of hydrogen-bond acceptors (Lipinski definition) is 3. The first-order valence-corrected chi connectivity index (χ1v) is 8.12. The van der Waals surface area contributed by atoms with Gasteiger partial charge >= 0.3 is 0 Å².